The third-order valence-corrected chi connectivity index (χ3v) is 4.09. The Morgan fingerprint density at radius 3 is 2.11 bits per heavy atom. The number of hydrogen-bond donors (Lipinski definition) is 1. The number of rotatable bonds is 2. The summed E-state index contributed by atoms with van der Waals surface area (Å²) >= 11 is 0. The molecule has 1 rings (SSSR count). The monoisotopic (exact) mass is 289 g/mol. The molecule has 0 atom stereocenters. The molecule has 1 aliphatic heterocycles. The van der Waals surface area contributed by atoms with Crippen LogP contribution in [0.3, 0.4) is 0 Å². The summed E-state index contributed by atoms with van der Waals surface area (Å²) in [7, 11) is -3.15. The minimum atomic E-state index is -3.15. The number of carbonyl (C=O) groups excluding carboxylic acids is 1. The van der Waals surface area contributed by atoms with Crippen LogP contribution in [0.15, 0.2) is 12.3 Å². The number of hydrogen-bond acceptors (Lipinski definition) is 3. The van der Waals surface area contributed by atoms with Crippen molar-refractivity contribution in [2.24, 2.45) is 5.41 Å². The van der Waals surface area contributed by atoms with E-state index in [1.165, 1.54) is 10.6 Å². The molecule has 1 heterocycles. The standard InChI is InChI=1S/C12H23N3O3S/c1-12(2,3)5-6-13-11(16)14-7-9-15(10-8-14)19(4,17)18/h5-6H,7-10H2,1-4H3,(H,13,16)/b6-5+. The van der Waals surface area contributed by atoms with E-state index in [0.717, 1.165) is 0 Å². The van der Waals surface area contributed by atoms with Gasteiger partial charge >= 0.3 is 6.03 Å². The molecular formula is C12H23N3O3S. The molecule has 110 valence electrons. The molecule has 0 aromatic rings. The topological polar surface area (TPSA) is 69.7 Å². The van der Waals surface area contributed by atoms with Crippen LogP contribution in [-0.2, 0) is 10.0 Å². The summed E-state index contributed by atoms with van der Waals surface area (Å²) in [6.45, 7) is 7.68. The summed E-state index contributed by atoms with van der Waals surface area (Å²) in [6, 6.07) is -0.186. The zero-order valence-corrected chi connectivity index (χ0v) is 12.8. The molecule has 0 spiro atoms. The quantitative estimate of drug-likeness (QED) is 0.818. The van der Waals surface area contributed by atoms with Gasteiger partial charge in [-0.2, -0.15) is 4.31 Å². The molecule has 1 N–H and O–H groups in total. The van der Waals surface area contributed by atoms with E-state index in [0.29, 0.717) is 26.2 Å². The van der Waals surface area contributed by atoms with Gasteiger partial charge in [0.1, 0.15) is 0 Å². The number of carbonyl (C=O) groups is 1. The van der Waals surface area contributed by atoms with Gasteiger partial charge in [-0.05, 0) is 5.41 Å². The molecule has 0 bridgehead atoms. The SMILES string of the molecule is CC(C)(C)/C=C/NC(=O)N1CCN(S(C)(=O)=O)CC1. The molecule has 1 fully saturated rings. The zero-order chi connectivity index (χ0) is 14.7. The van der Waals surface area contributed by atoms with Crippen molar-refractivity contribution in [2.45, 2.75) is 20.8 Å². The van der Waals surface area contributed by atoms with Crippen molar-refractivity contribution in [3.8, 4) is 0 Å². The van der Waals surface area contributed by atoms with E-state index in [2.05, 4.69) is 5.32 Å². The molecule has 0 aliphatic carbocycles. The Balaban J connectivity index is 2.44. The molecule has 2 amide bonds. The van der Waals surface area contributed by atoms with E-state index in [-0.39, 0.29) is 11.4 Å². The Morgan fingerprint density at radius 1 is 1.16 bits per heavy atom. The zero-order valence-electron chi connectivity index (χ0n) is 12.0. The first-order valence-electron chi connectivity index (χ1n) is 6.28. The first-order chi connectivity index (χ1) is 8.59. The molecule has 0 aromatic heterocycles. The molecule has 0 radical (unpaired) electrons. The summed E-state index contributed by atoms with van der Waals surface area (Å²) < 4.78 is 24.1. The van der Waals surface area contributed by atoms with Gasteiger partial charge in [0, 0.05) is 32.4 Å². The van der Waals surface area contributed by atoms with Gasteiger partial charge in [-0.1, -0.05) is 26.8 Å². The lowest BCUT2D eigenvalue weighted by atomic mass is 9.97. The molecule has 1 saturated heterocycles. The maximum atomic E-state index is 11.8. The van der Waals surface area contributed by atoms with Crippen LogP contribution in [0.1, 0.15) is 20.8 Å². The van der Waals surface area contributed by atoms with Crippen LogP contribution in [0.5, 0.6) is 0 Å². The number of piperazine rings is 1. The molecule has 0 aromatic carbocycles. The van der Waals surface area contributed by atoms with Crippen LogP contribution < -0.4 is 5.32 Å². The molecular weight excluding hydrogens is 266 g/mol. The molecule has 0 unspecified atom stereocenters. The molecule has 19 heavy (non-hydrogen) atoms. The number of amides is 2. The summed E-state index contributed by atoms with van der Waals surface area (Å²) in [5.74, 6) is 0. The second kappa shape index (κ2) is 5.92. The van der Waals surface area contributed by atoms with Crippen LogP contribution in [-0.4, -0.2) is 56.1 Å². The van der Waals surface area contributed by atoms with Crippen molar-refractivity contribution in [1.82, 2.24) is 14.5 Å². The smallest absolute Gasteiger partial charge is 0.321 e. The minimum Gasteiger partial charge on any atom is -0.322 e. The van der Waals surface area contributed by atoms with Crippen LogP contribution in [0.25, 0.3) is 0 Å². The Hall–Kier alpha value is -1.08. The van der Waals surface area contributed by atoms with Gasteiger partial charge in [0.05, 0.1) is 6.26 Å². The number of urea groups is 1. The summed E-state index contributed by atoms with van der Waals surface area (Å²) in [5, 5.41) is 2.70. The molecule has 0 saturated carbocycles. The highest BCUT2D eigenvalue weighted by atomic mass is 32.2. The maximum absolute atomic E-state index is 11.8. The predicted octanol–water partition coefficient (Wildman–Crippen LogP) is 0.833. The van der Waals surface area contributed by atoms with E-state index >= 15 is 0 Å². The van der Waals surface area contributed by atoms with Crippen LogP contribution in [0.2, 0.25) is 0 Å². The molecule has 1 aliphatic rings. The lowest BCUT2D eigenvalue weighted by Crippen LogP contribution is -2.52. The lowest BCUT2D eigenvalue weighted by molar-refractivity contribution is 0.175. The Bertz CT molecular complexity index is 443. The van der Waals surface area contributed by atoms with Crippen LogP contribution in [0.4, 0.5) is 4.79 Å². The van der Waals surface area contributed by atoms with E-state index in [1.807, 2.05) is 26.8 Å². The van der Waals surface area contributed by atoms with Gasteiger partial charge in [-0.25, -0.2) is 13.2 Å². The van der Waals surface area contributed by atoms with Crippen molar-refractivity contribution in [1.29, 1.82) is 0 Å². The number of allylic oxidation sites excluding steroid dienone is 1. The molecule has 7 heteroatoms. The Kier molecular flexibility index (Phi) is 4.98. The minimum absolute atomic E-state index is 0.0161. The van der Waals surface area contributed by atoms with Crippen LogP contribution >= 0.6 is 0 Å². The van der Waals surface area contributed by atoms with E-state index < -0.39 is 10.0 Å². The fourth-order valence-electron chi connectivity index (χ4n) is 1.68. The van der Waals surface area contributed by atoms with E-state index in [1.54, 1.807) is 11.1 Å². The molecule has 6 nitrogen and oxygen atoms in total. The van der Waals surface area contributed by atoms with Gasteiger partial charge in [-0.3, -0.25) is 0 Å². The van der Waals surface area contributed by atoms with Crippen molar-refractivity contribution in [3.63, 3.8) is 0 Å². The summed E-state index contributed by atoms with van der Waals surface area (Å²) in [4.78, 5) is 13.5. The first kappa shape index (κ1) is 16.0. The highest BCUT2D eigenvalue weighted by Crippen LogP contribution is 2.13. The normalized spacial score (nSPS) is 18.8. The van der Waals surface area contributed by atoms with Gasteiger partial charge in [0.25, 0.3) is 0 Å². The number of sulfonamides is 1. The van der Waals surface area contributed by atoms with Crippen molar-refractivity contribution in [3.05, 3.63) is 12.3 Å². The maximum Gasteiger partial charge on any atom is 0.321 e. The fourth-order valence-corrected chi connectivity index (χ4v) is 2.50. The second-order valence-corrected chi connectivity index (χ2v) is 7.78. The third kappa shape index (κ3) is 5.61. The van der Waals surface area contributed by atoms with Crippen molar-refractivity contribution >= 4 is 16.1 Å². The highest BCUT2D eigenvalue weighted by Gasteiger charge is 2.25. The lowest BCUT2D eigenvalue weighted by Gasteiger charge is -2.32. The Morgan fingerprint density at radius 2 is 1.68 bits per heavy atom. The second-order valence-electron chi connectivity index (χ2n) is 5.80. The van der Waals surface area contributed by atoms with Gasteiger partial charge in [0.2, 0.25) is 10.0 Å². The van der Waals surface area contributed by atoms with Gasteiger partial charge in [0.15, 0.2) is 0 Å². The Labute approximate surface area is 115 Å². The average molecular weight is 289 g/mol. The first-order valence-corrected chi connectivity index (χ1v) is 8.13. The van der Waals surface area contributed by atoms with Gasteiger partial charge < -0.3 is 10.2 Å². The van der Waals surface area contributed by atoms with Crippen molar-refractivity contribution in [2.75, 3.05) is 32.4 Å². The predicted molar refractivity (Wildman–Crippen MR) is 75.1 cm³/mol. The largest absolute Gasteiger partial charge is 0.322 e. The van der Waals surface area contributed by atoms with Gasteiger partial charge in [-0.15, -0.1) is 0 Å². The third-order valence-electron chi connectivity index (χ3n) is 2.79. The van der Waals surface area contributed by atoms with Crippen LogP contribution in [0, 0.1) is 5.41 Å². The van der Waals surface area contributed by atoms with E-state index in [9.17, 15) is 13.2 Å². The van der Waals surface area contributed by atoms with E-state index in [4.69, 9.17) is 0 Å². The highest BCUT2D eigenvalue weighted by molar-refractivity contribution is 7.88. The average Bonchev–Trinajstić information content (AvgIpc) is 2.26. The number of nitrogens with one attached hydrogen (secondary N) is 1. The fraction of sp³-hybridized carbons (Fsp3) is 0.750. The van der Waals surface area contributed by atoms with Crippen molar-refractivity contribution < 1.29 is 13.2 Å². The summed E-state index contributed by atoms with van der Waals surface area (Å²) in [6.07, 6.45) is 4.75. The summed E-state index contributed by atoms with van der Waals surface area (Å²) in [5.41, 5.74) is 0.0161. The number of nitrogens with zero attached hydrogens (tertiary/aromatic N) is 2.